The van der Waals surface area contributed by atoms with Gasteiger partial charge in [0.2, 0.25) is 29.5 Å². The summed E-state index contributed by atoms with van der Waals surface area (Å²) in [6.45, 7) is -0.938. The fraction of sp³-hybridized carbons (Fsp3) is 0.588. The maximum atomic E-state index is 12.5. The molecule has 4 unspecified atom stereocenters. The summed E-state index contributed by atoms with van der Waals surface area (Å²) in [5.41, 5.74) is 15.5. The number of aliphatic hydroxyl groups is 1. The molecule has 0 spiro atoms. The molecule has 0 bridgehead atoms. The van der Waals surface area contributed by atoms with Gasteiger partial charge < -0.3 is 48.5 Å². The van der Waals surface area contributed by atoms with Crippen LogP contribution in [0, 0.1) is 0 Å². The summed E-state index contributed by atoms with van der Waals surface area (Å²) in [6.07, 6.45) is -2.19. The van der Waals surface area contributed by atoms with Gasteiger partial charge in [-0.2, -0.15) is 0 Å². The molecule has 0 aliphatic rings. The third kappa shape index (κ3) is 12.0. The van der Waals surface area contributed by atoms with Crippen LogP contribution in [0.15, 0.2) is 0 Å². The first-order valence-electron chi connectivity index (χ1n) is 9.57. The van der Waals surface area contributed by atoms with E-state index in [1.54, 1.807) is 0 Å². The number of rotatable bonds is 16. The summed E-state index contributed by atoms with van der Waals surface area (Å²) in [6, 6.07) is -6.17. The fourth-order valence-corrected chi connectivity index (χ4v) is 2.38. The van der Waals surface area contributed by atoms with E-state index in [-0.39, 0.29) is 12.8 Å². The van der Waals surface area contributed by atoms with Crippen molar-refractivity contribution in [3.05, 3.63) is 0 Å². The predicted molar refractivity (Wildman–Crippen MR) is 108 cm³/mol. The van der Waals surface area contributed by atoms with Gasteiger partial charge in [-0.15, -0.1) is 0 Å². The highest BCUT2D eigenvalue weighted by Crippen LogP contribution is 2.02. The number of aliphatic carboxylic acids is 2. The molecule has 0 heterocycles. The highest BCUT2D eigenvalue weighted by molar-refractivity contribution is 5.95. The number of amides is 5. The van der Waals surface area contributed by atoms with Crippen molar-refractivity contribution in [3.8, 4) is 0 Å². The number of nitrogens with one attached hydrogen (secondary N) is 3. The van der Waals surface area contributed by atoms with Crippen LogP contribution >= 0.6 is 0 Å². The van der Waals surface area contributed by atoms with Crippen molar-refractivity contribution in [3.63, 3.8) is 0 Å². The van der Waals surface area contributed by atoms with Crippen LogP contribution in [0.4, 0.5) is 0 Å². The molecule has 0 radical (unpaired) electrons. The number of nitrogens with two attached hydrogens (primary N) is 3. The molecule has 186 valence electrons. The van der Waals surface area contributed by atoms with Gasteiger partial charge >= 0.3 is 11.9 Å². The van der Waals surface area contributed by atoms with Gasteiger partial charge in [-0.05, 0) is 12.8 Å². The molecule has 0 aromatic rings. The number of carboxylic acid groups (broad SMARTS) is 2. The Balaban J connectivity index is 5.32. The van der Waals surface area contributed by atoms with Crippen LogP contribution in [0.3, 0.4) is 0 Å². The highest BCUT2D eigenvalue weighted by Gasteiger charge is 2.30. The van der Waals surface area contributed by atoms with Crippen molar-refractivity contribution in [2.45, 2.75) is 56.3 Å². The summed E-state index contributed by atoms with van der Waals surface area (Å²) in [4.78, 5) is 80.8. The Morgan fingerprint density at radius 1 is 0.697 bits per heavy atom. The first kappa shape index (κ1) is 29.2. The quantitative estimate of drug-likeness (QED) is 0.101. The van der Waals surface area contributed by atoms with E-state index in [2.05, 4.69) is 10.6 Å². The summed E-state index contributed by atoms with van der Waals surface area (Å²) in [5.74, 6) is -7.79. The average Bonchev–Trinajstić information content (AvgIpc) is 2.71. The van der Waals surface area contributed by atoms with Crippen LogP contribution in [-0.2, 0) is 33.6 Å². The maximum Gasteiger partial charge on any atom is 0.326 e. The van der Waals surface area contributed by atoms with Gasteiger partial charge in [0.25, 0.3) is 0 Å². The topological polar surface area (TPSA) is 294 Å². The molecule has 0 rings (SSSR count). The molecule has 0 aliphatic heterocycles. The molecule has 0 aromatic carbocycles. The molecule has 0 saturated carbocycles. The maximum absolute atomic E-state index is 12.5. The molecular formula is C17H28N6O10. The zero-order chi connectivity index (χ0) is 25.7. The van der Waals surface area contributed by atoms with Crippen molar-refractivity contribution in [2.24, 2.45) is 17.2 Å². The van der Waals surface area contributed by atoms with Crippen LogP contribution in [0.25, 0.3) is 0 Å². The first-order valence-corrected chi connectivity index (χ1v) is 9.57. The molecule has 12 N–H and O–H groups in total. The van der Waals surface area contributed by atoms with E-state index in [1.807, 2.05) is 5.32 Å². The molecule has 0 aromatic heterocycles. The number of hydrogen-bond acceptors (Lipinski definition) is 9. The van der Waals surface area contributed by atoms with Crippen LogP contribution in [0.5, 0.6) is 0 Å². The number of carbonyl (C=O) groups excluding carboxylic acids is 5. The largest absolute Gasteiger partial charge is 0.481 e. The standard InChI is InChI=1S/C17H28N6O10/c18-7(1-4-13(27)28)14(29)23-10(6-24)16(31)21-8(2-3-11(19)25)15(30)22-9(17(32)33)5-12(20)26/h7-10,24H,1-6,18H2,(H2,19,25)(H2,20,26)(H,21,31)(H,22,30)(H,23,29)(H,27,28)(H,32,33). The normalized spacial score (nSPS) is 14.1. The van der Waals surface area contributed by atoms with Gasteiger partial charge in [0.05, 0.1) is 19.1 Å². The van der Waals surface area contributed by atoms with Crippen molar-refractivity contribution >= 4 is 41.5 Å². The molecule has 16 heteroatoms. The van der Waals surface area contributed by atoms with Crippen LogP contribution in [-0.4, -0.2) is 87.6 Å². The molecule has 0 fully saturated rings. The number of carboxylic acids is 2. The van der Waals surface area contributed by atoms with E-state index >= 15 is 0 Å². The summed E-state index contributed by atoms with van der Waals surface area (Å²) < 4.78 is 0. The second kappa shape index (κ2) is 14.3. The van der Waals surface area contributed by atoms with Crippen LogP contribution in [0.1, 0.15) is 32.1 Å². The first-order chi connectivity index (χ1) is 15.3. The molecule has 0 aliphatic carbocycles. The van der Waals surface area contributed by atoms with E-state index in [9.17, 15) is 38.7 Å². The van der Waals surface area contributed by atoms with Gasteiger partial charge in [0.1, 0.15) is 18.1 Å². The van der Waals surface area contributed by atoms with E-state index < -0.39 is 91.5 Å². The number of hydrogen-bond donors (Lipinski definition) is 9. The molecule has 33 heavy (non-hydrogen) atoms. The minimum atomic E-state index is -1.72. The Bertz CT molecular complexity index is 773. The third-order valence-electron chi connectivity index (χ3n) is 4.15. The molecule has 5 amide bonds. The van der Waals surface area contributed by atoms with Crippen molar-refractivity contribution in [1.29, 1.82) is 0 Å². The lowest BCUT2D eigenvalue weighted by Gasteiger charge is -2.24. The van der Waals surface area contributed by atoms with E-state index in [1.165, 1.54) is 0 Å². The summed E-state index contributed by atoms with van der Waals surface area (Å²) in [5, 5.41) is 33.3. The van der Waals surface area contributed by atoms with Crippen LogP contribution < -0.4 is 33.2 Å². The fourth-order valence-electron chi connectivity index (χ4n) is 2.38. The second-order valence-corrected chi connectivity index (χ2v) is 6.92. The number of carbonyl (C=O) groups is 7. The lowest BCUT2D eigenvalue weighted by molar-refractivity contribution is -0.144. The number of aliphatic hydroxyl groups excluding tert-OH is 1. The van der Waals surface area contributed by atoms with Gasteiger partial charge in [0, 0.05) is 12.8 Å². The summed E-state index contributed by atoms with van der Waals surface area (Å²) in [7, 11) is 0. The minimum Gasteiger partial charge on any atom is -0.481 e. The van der Waals surface area contributed by atoms with E-state index in [0.29, 0.717) is 0 Å². The van der Waals surface area contributed by atoms with Gasteiger partial charge in [-0.3, -0.25) is 28.8 Å². The zero-order valence-electron chi connectivity index (χ0n) is 17.5. The Labute approximate surface area is 187 Å². The van der Waals surface area contributed by atoms with Gasteiger partial charge in [-0.25, -0.2) is 4.79 Å². The second-order valence-electron chi connectivity index (χ2n) is 6.92. The predicted octanol–water partition coefficient (Wildman–Crippen LogP) is -5.15. The summed E-state index contributed by atoms with van der Waals surface area (Å²) >= 11 is 0. The SMILES string of the molecule is NC(=O)CCC(NC(=O)C(CO)NC(=O)C(N)CCC(=O)O)C(=O)NC(CC(N)=O)C(=O)O. The average molecular weight is 476 g/mol. The molecule has 4 atom stereocenters. The van der Waals surface area contributed by atoms with Gasteiger partial charge in [-0.1, -0.05) is 0 Å². The molecule has 16 nitrogen and oxygen atoms in total. The zero-order valence-corrected chi connectivity index (χ0v) is 17.5. The minimum absolute atomic E-state index is 0.249. The highest BCUT2D eigenvalue weighted by atomic mass is 16.4. The third-order valence-corrected chi connectivity index (χ3v) is 4.15. The van der Waals surface area contributed by atoms with Crippen LogP contribution in [0.2, 0.25) is 0 Å². The molecule has 0 saturated heterocycles. The van der Waals surface area contributed by atoms with Crippen molar-refractivity contribution < 1.29 is 48.9 Å². The van der Waals surface area contributed by atoms with E-state index in [0.717, 1.165) is 0 Å². The Kier molecular flexibility index (Phi) is 12.7. The van der Waals surface area contributed by atoms with Gasteiger partial charge in [0.15, 0.2) is 0 Å². The monoisotopic (exact) mass is 476 g/mol. The smallest absolute Gasteiger partial charge is 0.326 e. The lowest BCUT2D eigenvalue weighted by atomic mass is 10.1. The lowest BCUT2D eigenvalue weighted by Crippen LogP contribution is -2.58. The Hall–Kier alpha value is -3.79. The van der Waals surface area contributed by atoms with Crippen molar-refractivity contribution in [1.82, 2.24) is 16.0 Å². The van der Waals surface area contributed by atoms with E-state index in [4.69, 9.17) is 27.4 Å². The molecular weight excluding hydrogens is 448 g/mol. The van der Waals surface area contributed by atoms with Crippen molar-refractivity contribution in [2.75, 3.05) is 6.61 Å². The Morgan fingerprint density at radius 3 is 1.67 bits per heavy atom. The Morgan fingerprint density at radius 2 is 1.21 bits per heavy atom. The number of primary amides is 2.